The van der Waals surface area contributed by atoms with Crippen LogP contribution in [0.25, 0.3) is 16.0 Å². The van der Waals surface area contributed by atoms with E-state index in [1.54, 1.807) is 6.20 Å². The van der Waals surface area contributed by atoms with Crippen LogP contribution < -0.4 is 10.9 Å². The molecule has 3 heterocycles. The number of rotatable bonds is 1. The Hall–Kier alpha value is -2.28. The van der Waals surface area contributed by atoms with Crippen molar-refractivity contribution >= 4 is 33.2 Å². The molecule has 0 aliphatic carbocycles. The summed E-state index contributed by atoms with van der Waals surface area (Å²) >= 11 is 1.49. The van der Waals surface area contributed by atoms with Crippen molar-refractivity contribution in [1.29, 1.82) is 0 Å². The molecule has 0 aromatic carbocycles. The van der Waals surface area contributed by atoms with Crippen molar-refractivity contribution in [2.75, 3.05) is 0 Å². The second-order valence-electron chi connectivity index (χ2n) is 3.65. The molecule has 3 aromatic heterocycles. The average Bonchev–Trinajstić information content (AvgIpc) is 2.84. The number of nitrogens with zero attached hydrogens (tertiary/aromatic N) is 4. The van der Waals surface area contributed by atoms with Crippen molar-refractivity contribution in [1.82, 2.24) is 19.8 Å². The van der Waals surface area contributed by atoms with E-state index in [0.29, 0.717) is 5.49 Å². The highest BCUT2D eigenvalue weighted by molar-refractivity contribution is 7.15. The second-order valence-corrected chi connectivity index (χ2v) is 4.52. The standard InChI is InChI=1S/C11H9N5OS/c1-7(17)14-15-9-8-3-2-4-12-10(8)16-5-6-18-11(16)13-9/h2-6H,1H3,(H,14,17)/b15-9+. The first-order chi connectivity index (χ1) is 8.75. The van der Waals surface area contributed by atoms with Gasteiger partial charge in [-0.1, -0.05) is 0 Å². The molecular formula is C11H9N5OS. The van der Waals surface area contributed by atoms with Gasteiger partial charge in [-0.2, -0.15) is 10.1 Å². The summed E-state index contributed by atoms with van der Waals surface area (Å²) in [6.45, 7) is 1.41. The summed E-state index contributed by atoms with van der Waals surface area (Å²) in [5, 5.41) is 6.73. The Labute approximate surface area is 106 Å². The molecule has 0 saturated carbocycles. The summed E-state index contributed by atoms with van der Waals surface area (Å²) in [5.41, 5.74) is 3.64. The molecule has 7 heteroatoms. The molecule has 90 valence electrons. The lowest BCUT2D eigenvalue weighted by molar-refractivity contribution is -0.119. The van der Waals surface area contributed by atoms with Crippen LogP contribution in [0.15, 0.2) is 35.0 Å². The van der Waals surface area contributed by atoms with Crippen LogP contribution in [0.5, 0.6) is 0 Å². The van der Waals surface area contributed by atoms with Gasteiger partial charge >= 0.3 is 0 Å². The molecule has 0 fully saturated rings. The van der Waals surface area contributed by atoms with Crippen molar-refractivity contribution < 1.29 is 4.79 Å². The Morgan fingerprint density at radius 3 is 3.28 bits per heavy atom. The van der Waals surface area contributed by atoms with Crippen molar-refractivity contribution in [2.24, 2.45) is 5.10 Å². The van der Waals surface area contributed by atoms with E-state index in [0.717, 1.165) is 16.0 Å². The molecule has 6 nitrogen and oxygen atoms in total. The Morgan fingerprint density at radius 2 is 2.44 bits per heavy atom. The van der Waals surface area contributed by atoms with E-state index in [2.05, 4.69) is 20.5 Å². The van der Waals surface area contributed by atoms with E-state index in [-0.39, 0.29) is 5.91 Å². The number of pyridine rings is 1. The molecule has 1 N–H and O–H groups in total. The summed E-state index contributed by atoms with van der Waals surface area (Å²) in [4.78, 5) is 20.4. The summed E-state index contributed by atoms with van der Waals surface area (Å²) in [7, 11) is 0. The van der Waals surface area contributed by atoms with E-state index in [4.69, 9.17) is 0 Å². The molecule has 3 rings (SSSR count). The van der Waals surface area contributed by atoms with Crippen LogP contribution in [-0.4, -0.2) is 20.3 Å². The Morgan fingerprint density at radius 1 is 1.56 bits per heavy atom. The molecule has 0 aliphatic rings. The molecule has 0 radical (unpaired) electrons. The first-order valence-corrected chi connectivity index (χ1v) is 6.14. The third-order valence-corrected chi connectivity index (χ3v) is 3.12. The molecule has 0 saturated heterocycles. The molecular weight excluding hydrogens is 250 g/mol. The van der Waals surface area contributed by atoms with Crippen molar-refractivity contribution in [3.05, 3.63) is 35.4 Å². The fraction of sp³-hybridized carbons (Fsp3) is 0.0909. The lowest BCUT2D eigenvalue weighted by atomic mass is 10.3. The van der Waals surface area contributed by atoms with Gasteiger partial charge in [-0.05, 0) is 12.1 Å². The van der Waals surface area contributed by atoms with Crippen molar-refractivity contribution in [2.45, 2.75) is 6.92 Å². The number of amides is 1. The minimum Gasteiger partial charge on any atom is -0.276 e. The zero-order chi connectivity index (χ0) is 12.5. The van der Waals surface area contributed by atoms with Gasteiger partial charge in [0.15, 0.2) is 10.4 Å². The smallest absolute Gasteiger partial charge is 0.237 e. The third-order valence-electron chi connectivity index (χ3n) is 2.37. The minimum atomic E-state index is -0.229. The lowest BCUT2D eigenvalue weighted by Crippen LogP contribution is -2.21. The van der Waals surface area contributed by atoms with Gasteiger partial charge in [0.2, 0.25) is 5.91 Å². The SMILES string of the molecule is CC(=O)N/N=c1/nc2sccn2c2ncccc12. The van der Waals surface area contributed by atoms with Gasteiger partial charge < -0.3 is 0 Å². The Balaban J connectivity index is 2.40. The molecule has 1 amide bonds. The Bertz CT molecular complexity index is 804. The lowest BCUT2D eigenvalue weighted by Gasteiger charge is -2.00. The molecule has 0 atom stereocenters. The van der Waals surface area contributed by atoms with Gasteiger partial charge in [-0.3, -0.25) is 9.20 Å². The van der Waals surface area contributed by atoms with Crippen LogP contribution >= 0.6 is 11.3 Å². The highest BCUT2D eigenvalue weighted by Gasteiger charge is 2.05. The summed E-state index contributed by atoms with van der Waals surface area (Å²) < 4.78 is 1.90. The number of carbonyl (C=O) groups excluding carboxylic acids is 1. The highest BCUT2D eigenvalue weighted by atomic mass is 32.1. The summed E-state index contributed by atoms with van der Waals surface area (Å²) in [5.74, 6) is -0.229. The molecule has 18 heavy (non-hydrogen) atoms. The fourth-order valence-corrected chi connectivity index (χ4v) is 2.35. The minimum absolute atomic E-state index is 0.229. The maximum absolute atomic E-state index is 10.9. The van der Waals surface area contributed by atoms with E-state index < -0.39 is 0 Å². The summed E-state index contributed by atoms with van der Waals surface area (Å²) in [6.07, 6.45) is 3.62. The number of hydrogen-bond acceptors (Lipinski definition) is 5. The predicted octanol–water partition coefficient (Wildman–Crippen LogP) is 0.896. The van der Waals surface area contributed by atoms with Gasteiger partial charge in [0, 0.05) is 24.7 Å². The van der Waals surface area contributed by atoms with Crippen LogP contribution in [-0.2, 0) is 4.79 Å². The first-order valence-electron chi connectivity index (χ1n) is 5.26. The van der Waals surface area contributed by atoms with Crippen LogP contribution in [0.3, 0.4) is 0 Å². The molecule has 3 aromatic rings. The normalized spacial score (nSPS) is 12.2. The van der Waals surface area contributed by atoms with Gasteiger partial charge in [0.25, 0.3) is 0 Å². The number of fused-ring (bicyclic) bond motifs is 3. The molecule has 0 aliphatic heterocycles. The second kappa shape index (κ2) is 4.19. The van der Waals surface area contributed by atoms with E-state index in [1.807, 2.05) is 28.1 Å². The largest absolute Gasteiger partial charge is 0.276 e. The number of carbonyl (C=O) groups is 1. The van der Waals surface area contributed by atoms with Crippen molar-refractivity contribution in [3.8, 4) is 0 Å². The van der Waals surface area contributed by atoms with Crippen LogP contribution in [0.4, 0.5) is 0 Å². The number of aromatic nitrogens is 3. The Kier molecular flexibility index (Phi) is 2.52. The number of nitrogens with one attached hydrogen (secondary N) is 1. The fourth-order valence-electron chi connectivity index (χ4n) is 1.65. The van der Waals surface area contributed by atoms with Gasteiger partial charge in [-0.15, -0.1) is 11.3 Å². The van der Waals surface area contributed by atoms with E-state index in [9.17, 15) is 4.79 Å². The maximum atomic E-state index is 10.9. The van der Waals surface area contributed by atoms with Crippen LogP contribution in [0.1, 0.15) is 6.92 Å². The molecule has 0 unspecified atom stereocenters. The third kappa shape index (κ3) is 1.74. The average molecular weight is 259 g/mol. The number of hydrogen-bond donors (Lipinski definition) is 1. The van der Waals surface area contributed by atoms with E-state index >= 15 is 0 Å². The quantitative estimate of drug-likeness (QED) is 0.660. The first kappa shape index (κ1) is 10.8. The zero-order valence-electron chi connectivity index (χ0n) is 9.49. The van der Waals surface area contributed by atoms with E-state index in [1.165, 1.54) is 18.3 Å². The van der Waals surface area contributed by atoms with Gasteiger partial charge in [0.1, 0.15) is 5.65 Å². The number of thiazole rings is 1. The topological polar surface area (TPSA) is 71.7 Å². The monoisotopic (exact) mass is 259 g/mol. The van der Waals surface area contributed by atoms with Gasteiger partial charge in [0.05, 0.1) is 5.39 Å². The van der Waals surface area contributed by atoms with Crippen LogP contribution in [0.2, 0.25) is 0 Å². The zero-order valence-corrected chi connectivity index (χ0v) is 10.3. The van der Waals surface area contributed by atoms with Gasteiger partial charge in [-0.25, -0.2) is 10.4 Å². The highest BCUT2D eigenvalue weighted by Crippen LogP contribution is 2.12. The van der Waals surface area contributed by atoms with Crippen molar-refractivity contribution in [3.63, 3.8) is 0 Å². The summed E-state index contributed by atoms with van der Waals surface area (Å²) in [6, 6.07) is 3.69. The maximum Gasteiger partial charge on any atom is 0.237 e. The molecule has 0 spiro atoms. The molecule has 0 bridgehead atoms. The predicted molar refractivity (Wildman–Crippen MR) is 67.7 cm³/mol. The van der Waals surface area contributed by atoms with Crippen LogP contribution in [0, 0.1) is 0 Å².